The molecular weight excluding hydrogens is 740 g/mol. The number of H-pyrrole nitrogens is 1. The SMILES string of the molecule is BrCc1ccccc1.O=C(O)c1cc2c(cn1)[nH]c1ccccc12.O=C(OCc1ccccc1)c1cc2c3ccccc3n(Cc3ccccc3)c2cn1. The predicted molar refractivity (Wildman–Crippen MR) is 218 cm³/mol. The Morgan fingerprint density at radius 1 is 0.593 bits per heavy atom. The van der Waals surface area contributed by atoms with E-state index in [4.69, 9.17) is 9.84 Å². The summed E-state index contributed by atoms with van der Waals surface area (Å²) in [7, 11) is 0. The van der Waals surface area contributed by atoms with Gasteiger partial charge in [0.2, 0.25) is 0 Å². The summed E-state index contributed by atoms with van der Waals surface area (Å²) in [5.41, 5.74) is 7.84. The monoisotopic (exact) mass is 774 g/mol. The van der Waals surface area contributed by atoms with E-state index in [-0.39, 0.29) is 12.3 Å². The van der Waals surface area contributed by atoms with Crippen LogP contribution in [0.5, 0.6) is 0 Å². The van der Waals surface area contributed by atoms with Gasteiger partial charge < -0.3 is 19.4 Å². The molecule has 0 atom stereocenters. The zero-order chi connectivity index (χ0) is 37.3. The number of nitrogens with one attached hydrogen (secondary N) is 1. The number of halogens is 1. The number of nitrogens with zero attached hydrogens (tertiary/aromatic N) is 3. The summed E-state index contributed by atoms with van der Waals surface area (Å²) >= 11 is 3.36. The molecule has 0 unspecified atom stereocenters. The lowest BCUT2D eigenvalue weighted by molar-refractivity contribution is 0.0465. The van der Waals surface area contributed by atoms with Crippen LogP contribution in [-0.2, 0) is 23.2 Å². The van der Waals surface area contributed by atoms with Crippen molar-refractivity contribution in [3.8, 4) is 0 Å². The number of alkyl halides is 1. The second-order valence-corrected chi connectivity index (χ2v) is 13.0. The second kappa shape index (κ2) is 16.8. The topological polar surface area (TPSA) is 110 Å². The number of ether oxygens (including phenoxy) is 1. The van der Waals surface area contributed by atoms with Crippen LogP contribution in [0.2, 0.25) is 0 Å². The van der Waals surface area contributed by atoms with Gasteiger partial charge >= 0.3 is 11.9 Å². The number of carbonyl (C=O) groups is 2. The molecule has 4 aromatic heterocycles. The van der Waals surface area contributed by atoms with Crippen LogP contribution in [0.15, 0.2) is 164 Å². The molecule has 5 aromatic carbocycles. The Balaban J connectivity index is 0.000000155. The van der Waals surface area contributed by atoms with E-state index in [9.17, 15) is 9.59 Å². The number of fused-ring (bicyclic) bond motifs is 6. The van der Waals surface area contributed by atoms with E-state index in [1.165, 1.54) is 11.1 Å². The summed E-state index contributed by atoms with van der Waals surface area (Å²) in [4.78, 5) is 34.9. The van der Waals surface area contributed by atoms with E-state index >= 15 is 0 Å². The molecule has 0 amide bonds. The van der Waals surface area contributed by atoms with Gasteiger partial charge in [-0.3, -0.25) is 0 Å². The van der Waals surface area contributed by atoms with Gasteiger partial charge in [-0.05, 0) is 41.0 Å². The summed E-state index contributed by atoms with van der Waals surface area (Å²) in [6.45, 7) is 0.972. The molecule has 0 aliphatic carbocycles. The Kier molecular flexibility index (Phi) is 11.2. The number of hydrogen-bond acceptors (Lipinski definition) is 5. The number of benzene rings is 5. The largest absolute Gasteiger partial charge is 0.477 e. The van der Waals surface area contributed by atoms with Crippen LogP contribution in [0.1, 0.15) is 37.7 Å². The summed E-state index contributed by atoms with van der Waals surface area (Å²) in [6.07, 6.45) is 3.33. The van der Waals surface area contributed by atoms with Crippen LogP contribution in [0.4, 0.5) is 0 Å². The van der Waals surface area contributed by atoms with Gasteiger partial charge in [0.25, 0.3) is 0 Å². The molecule has 0 fully saturated rings. The van der Waals surface area contributed by atoms with Crippen molar-refractivity contribution in [2.75, 3.05) is 0 Å². The number of aromatic carboxylic acids is 1. The zero-order valence-corrected chi connectivity index (χ0v) is 30.7. The normalized spacial score (nSPS) is 10.8. The third-order valence-electron chi connectivity index (χ3n) is 8.87. The molecule has 0 bridgehead atoms. The minimum atomic E-state index is -1.01. The molecule has 0 radical (unpaired) electrons. The minimum absolute atomic E-state index is 0.0669. The van der Waals surface area contributed by atoms with E-state index in [0.717, 1.165) is 61.0 Å². The Bertz CT molecular complexity index is 2680. The van der Waals surface area contributed by atoms with Gasteiger partial charge in [-0.15, -0.1) is 0 Å². The highest BCUT2D eigenvalue weighted by Crippen LogP contribution is 2.30. The van der Waals surface area contributed by atoms with Crippen molar-refractivity contribution < 1.29 is 19.4 Å². The number of pyridine rings is 2. The van der Waals surface area contributed by atoms with Crippen molar-refractivity contribution in [1.82, 2.24) is 19.5 Å². The summed E-state index contributed by atoms with van der Waals surface area (Å²) in [6, 6.07) is 49.7. The molecule has 0 aliphatic rings. The van der Waals surface area contributed by atoms with Gasteiger partial charge in [-0.2, -0.15) is 0 Å². The van der Waals surface area contributed by atoms with Crippen LogP contribution >= 0.6 is 15.9 Å². The number of para-hydroxylation sites is 2. The Labute approximate surface area is 319 Å². The third-order valence-corrected chi connectivity index (χ3v) is 9.52. The first-order valence-electron chi connectivity index (χ1n) is 17.3. The predicted octanol–water partition coefficient (Wildman–Crippen LogP) is 10.6. The lowest BCUT2D eigenvalue weighted by Crippen LogP contribution is -2.07. The standard InChI is InChI=1S/C26H20N2O2.C12H8N2O2.C7H7Br/c29-26(30-18-20-11-5-2-6-12-20)23-15-22-21-13-7-8-14-24(21)28(25(22)16-27-23)17-19-9-3-1-4-10-19;15-12(16)10-5-8-7-3-1-2-4-9(7)14-11(8)6-13-10;8-6-7-4-2-1-3-5-7/h1-16H,17-18H2;1-6,14H,(H,15,16);1-5H,6H2. The Morgan fingerprint density at radius 3 is 1.83 bits per heavy atom. The smallest absolute Gasteiger partial charge is 0.357 e. The summed E-state index contributed by atoms with van der Waals surface area (Å²) in [5, 5.41) is 13.8. The fourth-order valence-corrected chi connectivity index (χ4v) is 6.60. The van der Waals surface area contributed by atoms with Gasteiger partial charge in [0.05, 0.1) is 23.4 Å². The van der Waals surface area contributed by atoms with E-state index in [0.29, 0.717) is 5.69 Å². The van der Waals surface area contributed by atoms with Crippen LogP contribution in [0, 0.1) is 0 Å². The summed E-state index contributed by atoms with van der Waals surface area (Å²) in [5.74, 6) is -1.42. The molecule has 4 heterocycles. The minimum Gasteiger partial charge on any atom is -0.477 e. The van der Waals surface area contributed by atoms with Crippen LogP contribution in [-0.4, -0.2) is 36.6 Å². The average Bonchev–Trinajstić information content (AvgIpc) is 3.76. The molecule has 9 rings (SSSR count). The highest BCUT2D eigenvalue weighted by atomic mass is 79.9. The number of carboxylic acid groups (broad SMARTS) is 1. The Morgan fingerprint density at radius 2 is 1.17 bits per heavy atom. The maximum atomic E-state index is 12.6. The van der Waals surface area contributed by atoms with Crippen molar-refractivity contribution in [2.24, 2.45) is 0 Å². The molecule has 2 N–H and O–H groups in total. The van der Waals surface area contributed by atoms with Crippen molar-refractivity contribution in [1.29, 1.82) is 0 Å². The first-order valence-corrected chi connectivity index (χ1v) is 18.4. The molecule has 54 heavy (non-hydrogen) atoms. The van der Waals surface area contributed by atoms with Gasteiger partial charge in [0.15, 0.2) is 0 Å². The quantitative estimate of drug-likeness (QED) is 0.123. The lowest BCUT2D eigenvalue weighted by atomic mass is 10.1. The number of rotatable bonds is 7. The molecule has 9 heteroatoms. The second-order valence-electron chi connectivity index (χ2n) is 12.4. The molecule has 0 spiro atoms. The van der Waals surface area contributed by atoms with E-state index in [2.05, 4.69) is 71.8 Å². The van der Waals surface area contributed by atoms with Gasteiger partial charge in [-0.1, -0.05) is 143 Å². The third kappa shape index (κ3) is 8.22. The zero-order valence-electron chi connectivity index (χ0n) is 29.1. The number of aromatic amines is 1. The molecule has 0 saturated heterocycles. The van der Waals surface area contributed by atoms with Crippen LogP contribution in [0.3, 0.4) is 0 Å². The van der Waals surface area contributed by atoms with Crippen molar-refractivity contribution in [3.05, 3.63) is 192 Å². The van der Waals surface area contributed by atoms with Crippen LogP contribution in [0.25, 0.3) is 43.6 Å². The van der Waals surface area contributed by atoms with E-state index in [1.54, 1.807) is 18.5 Å². The van der Waals surface area contributed by atoms with Crippen molar-refractivity contribution in [2.45, 2.75) is 18.5 Å². The molecule has 8 nitrogen and oxygen atoms in total. The lowest BCUT2D eigenvalue weighted by Gasteiger charge is -2.08. The van der Waals surface area contributed by atoms with Crippen LogP contribution < -0.4 is 0 Å². The van der Waals surface area contributed by atoms with Crippen molar-refractivity contribution >= 4 is 71.5 Å². The van der Waals surface area contributed by atoms with E-state index < -0.39 is 11.9 Å². The summed E-state index contributed by atoms with van der Waals surface area (Å²) < 4.78 is 7.71. The molecule has 266 valence electrons. The van der Waals surface area contributed by atoms with Gasteiger partial charge in [-0.25, -0.2) is 19.6 Å². The number of hydrogen-bond donors (Lipinski definition) is 2. The molecular formula is C45H35BrN4O4. The number of esters is 1. The fraction of sp³-hybridized carbons (Fsp3) is 0.0667. The number of carbonyl (C=O) groups excluding carboxylic acids is 1. The van der Waals surface area contributed by atoms with Gasteiger partial charge in [0, 0.05) is 44.5 Å². The number of carboxylic acids is 1. The van der Waals surface area contributed by atoms with E-state index in [1.807, 2.05) is 109 Å². The van der Waals surface area contributed by atoms with Crippen molar-refractivity contribution in [3.63, 3.8) is 0 Å². The maximum Gasteiger partial charge on any atom is 0.357 e. The first-order chi connectivity index (χ1) is 26.5. The van der Waals surface area contributed by atoms with Gasteiger partial charge in [0.1, 0.15) is 18.0 Å². The highest BCUT2D eigenvalue weighted by molar-refractivity contribution is 9.08. The highest BCUT2D eigenvalue weighted by Gasteiger charge is 2.16. The maximum absolute atomic E-state index is 12.6. The average molecular weight is 776 g/mol. The fourth-order valence-electron chi connectivity index (χ4n) is 6.22. The Hall–Kier alpha value is -6.58. The molecule has 0 aliphatic heterocycles. The first kappa shape index (κ1) is 35.8. The number of aromatic nitrogens is 4. The molecule has 0 saturated carbocycles. The molecule has 9 aromatic rings.